The van der Waals surface area contributed by atoms with Crippen molar-refractivity contribution in [3.63, 3.8) is 0 Å². The Hall–Kier alpha value is -0.390. The summed E-state index contributed by atoms with van der Waals surface area (Å²) in [4.78, 5) is 0. The number of hydrogen-bond donors (Lipinski definition) is 2. The molecule has 3 N–H and O–H groups in total. The lowest BCUT2D eigenvalue weighted by Gasteiger charge is -2.25. The van der Waals surface area contributed by atoms with Crippen LogP contribution >= 0.6 is 12.2 Å². The molecular formula is C7H14N2O2S. The van der Waals surface area contributed by atoms with E-state index in [0.717, 1.165) is 13.0 Å². The smallest absolute Gasteiger partial charge is 0.163 e. The molecule has 4 nitrogen and oxygen atoms in total. The van der Waals surface area contributed by atoms with Crippen LogP contribution in [-0.2, 0) is 9.47 Å². The minimum absolute atomic E-state index is 0.233. The van der Waals surface area contributed by atoms with Crippen molar-refractivity contribution in [2.24, 2.45) is 5.73 Å². The summed E-state index contributed by atoms with van der Waals surface area (Å²) in [5, 5.41) is 3.19. The first-order chi connectivity index (χ1) is 5.68. The van der Waals surface area contributed by atoms with Crippen LogP contribution in [-0.4, -0.2) is 37.6 Å². The van der Waals surface area contributed by atoms with Crippen molar-refractivity contribution in [2.75, 3.05) is 26.9 Å². The zero-order chi connectivity index (χ0) is 9.03. The van der Waals surface area contributed by atoms with Crippen LogP contribution in [0.2, 0.25) is 0 Å². The van der Waals surface area contributed by atoms with Crippen molar-refractivity contribution in [1.29, 1.82) is 0 Å². The molecular weight excluding hydrogens is 176 g/mol. The molecule has 5 heteroatoms. The lowest BCUT2D eigenvalue weighted by atomic mass is 10.0. The summed E-state index contributed by atoms with van der Waals surface area (Å²) < 4.78 is 10.6. The van der Waals surface area contributed by atoms with Crippen LogP contribution in [0.5, 0.6) is 0 Å². The van der Waals surface area contributed by atoms with Gasteiger partial charge in [0.15, 0.2) is 5.11 Å². The lowest BCUT2D eigenvalue weighted by Crippen LogP contribution is -2.46. The summed E-state index contributed by atoms with van der Waals surface area (Å²) in [6.45, 7) is 1.98. The summed E-state index contributed by atoms with van der Waals surface area (Å²) >= 11 is 4.70. The van der Waals surface area contributed by atoms with E-state index in [0.29, 0.717) is 18.3 Å². The average Bonchev–Trinajstić information content (AvgIpc) is 2.50. The first kappa shape index (κ1) is 9.70. The van der Waals surface area contributed by atoms with Crippen molar-refractivity contribution in [2.45, 2.75) is 12.0 Å². The maximum Gasteiger partial charge on any atom is 0.163 e. The molecule has 1 rings (SSSR count). The van der Waals surface area contributed by atoms with E-state index >= 15 is 0 Å². The number of thiocarbonyl (C=S) groups is 1. The Morgan fingerprint density at radius 2 is 2.58 bits per heavy atom. The molecule has 0 bridgehead atoms. The highest BCUT2D eigenvalue weighted by Crippen LogP contribution is 2.21. The second-order valence-corrected chi connectivity index (χ2v) is 3.35. The molecule has 1 heterocycles. The maximum atomic E-state index is 5.35. The van der Waals surface area contributed by atoms with Crippen LogP contribution in [0.1, 0.15) is 6.42 Å². The minimum atomic E-state index is -0.233. The Morgan fingerprint density at radius 3 is 3.00 bits per heavy atom. The molecule has 0 spiro atoms. The van der Waals surface area contributed by atoms with Gasteiger partial charge in [0.25, 0.3) is 0 Å². The molecule has 1 aliphatic heterocycles. The lowest BCUT2D eigenvalue weighted by molar-refractivity contribution is -0.0125. The number of nitrogens with one attached hydrogen (secondary N) is 1. The first-order valence-electron chi connectivity index (χ1n) is 3.85. The highest BCUT2D eigenvalue weighted by Gasteiger charge is 2.34. The molecule has 0 radical (unpaired) electrons. The molecule has 70 valence electrons. The summed E-state index contributed by atoms with van der Waals surface area (Å²) in [7, 11) is 1.68. The Labute approximate surface area is 77.4 Å². The Kier molecular flexibility index (Phi) is 3.25. The van der Waals surface area contributed by atoms with Crippen LogP contribution in [0.25, 0.3) is 0 Å². The molecule has 1 atom stereocenters. The van der Waals surface area contributed by atoms with E-state index in [-0.39, 0.29) is 5.60 Å². The topological polar surface area (TPSA) is 56.5 Å². The van der Waals surface area contributed by atoms with Gasteiger partial charge >= 0.3 is 0 Å². The predicted molar refractivity (Wildman–Crippen MR) is 50.0 cm³/mol. The van der Waals surface area contributed by atoms with Crippen molar-refractivity contribution in [3.05, 3.63) is 0 Å². The number of ether oxygens (including phenoxy) is 2. The van der Waals surface area contributed by atoms with E-state index < -0.39 is 0 Å². The van der Waals surface area contributed by atoms with Gasteiger partial charge in [-0.1, -0.05) is 0 Å². The molecule has 0 aromatic heterocycles. The highest BCUT2D eigenvalue weighted by atomic mass is 32.1. The van der Waals surface area contributed by atoms with Gasteiger partial charge in [-0.25, -0.2) is 0 Å². The van der Waals surface area contributed by atoms with Gasteiger partial charge in [0, 0.05) is 26.7 Å². The molecule has 0 saturated carbocycles. The molecule has 12 heavy (non-hydrogen) atoms. The fraction of sp³-hybridized carbons (Fsp3) is 0.857. The van der Waals surface area contributed by atoms with Gasteiger partial charge in [0.1, 0.15) is 5.60 Å². The van der Waals surface area contributed by atoms with Crippen molar-refractivity contribution in [1.82, 2.24) is 5.32 Å². The molecule has 0 aromatic carbocycles. The van der Waals surface area contributed by atoms with E-state index in [1.165, 1.54) is 0 Å². The van der Waals surface area contributed by atoms with Crippen LogP contribution in [0, 0.1) is 0 Å². The summed E-state index contributed by atoms with van der Waals surface area (Å²) in [6.07, 6.45) is 0.888. The quantitative estimate of drug-likeness (QED) is 0.594. The van der Waals surface area contributed by atoms with Crippen molar-refractivity contribution < 1.29 is 9.47 Å². The third-order valence-corrected chi connectivity index (χ3v) is 2.23. The van der Waals surface area contributed by atoms with E-state index in [1.807, 2.05) is 0 Å². The number of hydrogen-bond acceptors (Lipinski definition) is 3. The van der Waals surface area contributed by atoms with Crippen LogP contribution in [0.15, 0.2) is 0 Å². The fourth-order valence-electron chi connectivity index (χ4n) is 1.21. The molecule has 1 fully saturated rings. The predicted octanol–water partition coefficient (Wildman–Crippen LogP) is -0.375. The first-order valence-corrected chi connectivity index (χ1v) is 4.25. The second kappa shape index (κ2) is 4.02. The summed E-state index contributed by atoms with van der Waals surface area (Å²) in [5.74, 6) is 0. The van der Waals surface area contributed by atoms with Gasteiger partial charge in [-0.05, 0) is 12.2 Å². The van der Waals surface area contributed by atoms with Crippen LogP contribution < -0.4 is 11.1 Å². The van der Waals surface area contributed by atoms with Gasteiger partial charge in [0.2, 0.25) is 0 Å². The van der Waals surface area contributed by atoms with Crippen molar-refractivity contribution in [3.8, 4) is 0 Å². The Morgan fingerprint density at radius 1 is 1.83 bits per heavy atom. The monoisotopic (exact) mass is 190 g/mol. The van der Waals surface area contributed by atoms with E-state index in [1.54, 1.807) is 7.11 Å². The average molecular weight is 190 g/mol. The van der Waals surface area contributed by atoms with Gasteiger partial charge in [0.05, 0.1) is 6.61 Å². The summed E-state index contributed by atoms with van der Waals surface area (Å²) in [5.41, 5.74) is 5.08. The molecule has 0 amide bonds. The van der Waals surface area contributed by atoms with Gasteiger partial charge in [-0.3, -0.25) is 0 Å². The Bertz CT molecular complexity index is 169. The van der Waals surface area contributed by atoms with Crippen LogP contribution in [0.3, 0.4) is 0 Å². The van der Waals surface area contributed by atoms with Gasteiger partial charge < -0.3 is 20.5 Å². The molecule has 1 aliphatic rings. The SMILES string of the molecule is COC1(CNC(N)=S)CCOC1. The number of rotatable bonds is 3. The van der Waals surface area contributed by atoms with Crippen molar-refractivity contribution >= 4 is 17.3 Å². The van der Waals surface area contributed by atoms with E-state index in [2.05, 4.69) is 5.32 Å². The third-order valence-electron chi connectivity index (χ3n) is 2.08. The van der Waals surface area contributed by atoms with Crippen LogP contribution in [0.4, 0.5) is 0 Å². The zero-order valence-electron chi connectivity index (χ0n) is 7.13. The standard InChI is InChI=1S/C7H14N2O2S/c1-10-7(2-3-11-5-7)4-9-6(8)12/h2-5H2,1H3,(H3,8,9,12). The molecule has 1 unspecified atom stereocenters. The number of methoxy groups -OCH3 is 1. The molecule has 1 saturated heterocycles. The Balaban J connectivity index is 2.39. The summed E-state index contributed by atoms with van der Waals surface area (Å²) in [6, 6.07) is 0. The largest absolute Gasteiger partial charge is 0.378 e. The normalized spacial score (nSPS) is 28.8. The molecule has 0 aliphatic carbocycles. The third kappa shape index (κ3) is 2.30. The highest BCUT2D eigenvalue weighted by molar-refractivity contribution is 7.80. The van der Waals surface area contributed by atoms with E-state index in [4.69, 9.17) is 27.4 Å². The maximum absolute atomic E-state index is 5.35. The van der Waals surface area contributed by atoms with Gasteiger partial charge in [-0.2, -0.15) is 0 Å². The molecule has 0 aromatic rings. The zero-order valence-corrected chi connectivity index (χ0v) is 7.95. The minimum Gasteiger partial charge on any atom is -0.378 e. The van der Waals surface area contributed by atoms with E-state index in [9.17, 15) is 0 Å². The fourth-order valence-corrected chi connectivity index (χ4v) is 1.28. The number of nitrogens with two attached hydrogens (primary N) is 1. The second-order valence-electron chi connectivity index (χ2n) is 2.91. The van der Waals surface area contributed by atoms with Gasteiger partial charge in [-0.15, -0.1) is 0 Å².